The van der Waals surface area contributed by atoms with Gasteiger partial charge in [-0.05, 0) is 47.4 Å². The highest BCUT2D eigenvalue weighted by Gasteiger charge is 2.30. The first-order valence-corrected chi connectivity index (χ1v) is 10.8. The Morgan fingerprint density at radius 2 is 1.74 bits per heavy atom. The molecule has 1 aliphatic rings. The number of halogens is 3. The zero-order valence-electron chi connectivity index (χ0n) is 18.0. The number of rotatable bonds is 4. The lowest BCUT2D eigenvalue weighted by atomic mass is 9.96. The summed E-state index contributed by atoms with van der Waals surface area (Å²) in [7, 11) is 0. The van der Waals surface area contributed by atoms with E-state index < -0.39 is 11.7 Å². The molecule has 170 valence electrons. The van der Waals surface area contributed by atoms with E-state index in [1.165, 1.54) is 23.4 Å². The van der Waals surface area contributed by atoms with E-state index in [1.54, 1.807) is 36.8 Å². The molecule has 5 nitrogen and oxygen atoms in total. The van der Waals surface area contributed by atoms with Crippen molar-refractivity contribution < 1.29 is 13.2 Å². The van der Waals surface area contributed by atoms with Crippen LogP contribution in [0.3, 0.4) is 0 Å². The Balaban J connectivity index is 1.49. The summed E-state index contributed by atoms with van der Waals surface area (Å²) < 4.78 is 39.8. The van der Waals surface area contributed by atoms with Crippen molar-refractivity contribution in [1.82, 2.24) is 20.3 Å². The number of nitrogens with zero attached hydrogens (tertiary/aromatic N) is 4. The number of hydrogen-bond donors (Lipinski definition) is 1. The first kappa shape index (κ1) is 21.9. The highest BCUT2D eigenvalue weighted by Crippen LogP contribution is 2.35. The summed E-state index contributed by atoms with van der Waals surface area (Å²) in [5.74, 6) is 0.239. The maximum atomic E-state index is 13.3. The fourth-order valence-corrected chi connectivity index (χ4v) is 3.98. The third kappa shape index (κ3) is 4.72. The van der Waals surface area contributed by atoms with E-state index in [4.69, 9.17) is 0 Å². The average Bonchev–Trinajstić information content (AvgIpc) is 2.87. The van der Waals surface area contributed by atoms with Crippen LogP contribution < -0.4 is 5.32 Å². The molecule has 0 saturated carbocycles. The molecule has 0 bridgehead atoms. The minimum Gasteiger partial charge on any atom is -0.305 e. The van der Waals surface area contributed by atoms with Crippen LogP contribution in [0, 0.1) is 0 Å². The molecule has 34 heavy (non-hydrogen) atoms. The van der Waals surface area contributed by atoms with Gasteiger partial charge in [-0.2, -0.15) is 13.2 Å². The Kier molecular flexibility index (Phi) is 5.90. The predicted molar refractivity (Wildman–Crippen MR) is 125 cm³/mol. The molecule has 2 aromatic heterocycles. The maximum absolute atomic E-state index is 13.3. The molecule has 0 aliphatic carbocycles. The predicted octanol–water partition coefficient (Wildman–Crippen LogP) is 5.64. The van der Waals surface area contributed by atoms with E-state index in [0.717, 1.165) is 25.1 Å². The minimum atomic E-state index is -4.44. The van der Waals surface area contributed by atoms with E-state index in [2.05, 4.69) is 37.4 Å². The summed E-state index contributed by atoms with van der Waals surface area (Å²) in [6.07, 6.45) is 2.89. The molecule has 4 aromatic rings. The Morgan fingerprint density at radius 3 is 2.53 bits per heavy atom. The lowest BCUT2D eigenvalue weighted by molar-refractivity contribution is -0.137. The highest BCUT2D eigenvalue weighted by molar-refractivity contribution is 5.81. The Bertz CT molecular complexity index is 1340. The molecule has 8 heteroatoms. The van der Waals surface area contributed by atoms with E-state index in [1.807, 2.05) is 12.1 Å². The summed E-state index contributed by atoms with van der Waals surface area (Å²) in [6, 6.07) is 17.0. The van der Waals surface area contributed by atoms with Crippen molar-refractivity contribution in [3.63, 3.8) is 0 Å². The van der Waals surface area contributed by atoms with E-state index >= 15 is 0 Å². The minimum absolute atomic E-state index is 0.0334. The van der Waals surface area contributed by atoms with Gasteiger partial charge in [-0.15, -0.1) is 0 Å². The normalized spacial score (nSPS) is 15.9. The fraction of sp³-hybridized carbons (Fsp3) is 0.154. The van der Waals surface area contributed by atoms with E-state index in [0.29, 0.717) is 22.4 Å². The number of fused-ring (bicyclic) bond motifs is 1. The summed E-state index contributed by atoms with van der Waals surface area (Å²) in [4.78, 5) is 17.4. The van der Waals surface area contributed by atoms with Crippen LogP contribution in [0.4, 0.5) is 19.1 Å². The second-order valence-corrected chi connectivity index (χ2v) is 7.99. The van der Waals surface area contributed by atoms with Crippen LogP contribution in [-0.2, 0) is 19.1 Å². The largest absolute Gasteiger partial charge is 0.416 e. The summed E-state index contributed by atoms with van der Waals surface area (Å²) in [5, 5.41) is 3.43. The average molecular weight is 459 g/mol. The number of benzene rings is 2. The third-order valence-electron chi connectivity index (χ3n) is 5.71. The molecule has 1 atom stereocenters. The van der Waals surface area contributed by atoms with Crippen molar-refractivity contribution in [3.05, 3.63) is 95.9 Å². The SMILES string of the molecule is FC(F)(F)c1cccc(-c2cnc(N=C[C@@H]3Cc4ccccc4CN3)nc2-c2ccncc2)c1. The van der Waals surface area contributed by atoms with Gasteiger partial charge >= 0.3 is 6.18 Å². The van der Waals surface area contributed by atoms with Gasteiger partial charge in [-0.1, -0.05) is 36.4 Å². The maximum Gasteiger partial charge on any atom is 0.416 e. The second kappa shape index (κ2) is 9.15. The molecular formula is C26H20F3N5. The van der Waals surface area contributed by atoms with Gasteiger partial charge in [0.15, 0.2) is 0 Å². The number of nitrogens with one attached hydrogen (secondary N) is 1. The van der Waals surface area contributed by atoms with Crippen molar-refractivity contribution in [2.24, 2.45) is 4.99 Å². The Hall–Kier alpha value is -3.91. The molecule has 0 saturated heterocycles. The van der Waals surface area contributed by atoms with Crippen LogP contribution in [0.5, 0.6) is 0 Å². The highest BCUT2D eigenvalue weighted by atomic mass is 19.4. The van der Waals surface area contributed by atoms with Crippen molar-refractivity contribution in [3.8, 4) is 22.4 Å². The lowest BCUT2D eigenvalue weighted by Crippen LogP contribution is -2.36. The summed E-state index contributed by atoms with van der Waals surface area (Å²) in [6.45, 7) is 0.754. The molecular weight excluding hydrogens is 439 g/mol. The molecule has 2 aromatic carbocycles. The topological polar surface area (TPSA) is 63.1 Å². The standard InChI is InChI=1S/C26H20F3N5/c27-26(28,29)21-7-3-6-19(12-21)23-16-33-25(34-24(23)17-8-10-30-11-9-17)32-15-22-13-18-4-1-2-5-20(18)14-31-22/h1-12,15-16,22,31H,13-14H2/t22-/m0/s1. The van der Waals surface area contributed by atoms with Crippen LogP contribution in [0.15, 0.2) is 84.2 Å². The molecule has 0 radical (unpaired) electrons. The van der Waals surface area contributed by atoms with Crippen LogP contribution in [0.2, 0.25) is 0 Å². The lowest BCUT2D eigenvalue weighted by Gasteiger charge is -2.23. The molecule has 5 rings (SSSR count). The van der Waals surface area contributed by atoms with E-state index in [9.17, 15) is 13.2 Å². The number of pyridine rings is 1. The van der Waals surface area contributed by atoms with Crippen molar-refractivity contribution >= 4 is 12.2 Å². The summed E-state index contributed by atoms with van der Waals surface area (Å²) in [5.41, 5.74) is 3.89. The quantitative estimate of drug-likeness (QED) is 0.401. The fourth-order valence-electron chi connectivity index (χ4n) is 3.98. The number of aromatic nitrogens is 3. The van der Waals surface area contributed by atoms with Gasteiger partial charge in [0.05, 0.1) is 11.3 Å². The first-order chi connectivity index (χ1) is 16.5. The number of alkyl halides is 3. The van der Waals surface area contributed by atoms with Crippen molar-refractivity contribution in [1.29, 1.82) is 0 Å². The van der Waals surface area contributed by atoms with Crippen LogP contribution in [0.25, 0.3) is 22.4 Å². The van der Waals surface area contributed by atoms with E-state index in [-0.39, 0.29) is 12.0 Å². The first-order valence-electron chi connectivity index (χ1n) is 10.8. The number of hydrogen-bond acceptors (Lipinski definition) is 5. The molecule has 3 heterocycles. The third-order valence-corrected chi connectivity index (χ3v) is 5.71. The van der Waals surface area contributed by atoms with Gasteiger partial charge in [0.1, 0.15) is 0 Å². The second-order valence-electron chi connectivity index (χ2n) is 7.99. The van der Waals surface area contributed by atoms with Gasteiger partial charge in [-0.25, -0.2) is 15.0 Å². The smallest absolute Gasteiger partial charge is 0.305 e. The molecule has 0 unspecified atom stereocenters. The zero-order valence-corrected chi connectivity index (χ0v) is 18.0. The van der Waals surface area contributed by atoms with Crippen LogP contribution in [0.1, 0.15) is 16.7 Å². The molecule has 0 fully saturated rings. The zero-order chi connectivity index (χ0) is 23.5. The van der Waals surface area contributed by atoms with Crippen molar-refractivity contribution in [2.75, 3.05) is 0 Å². The van der Waals surface area contributed by atoms with Gasteiger partial charge < -0.3 is 5.32 Å². The Morgan fingerprint density at radius 1 is 0.941 bits per heavy atom. The summed E-state index contributed by atoms with van der Waals surface area (Å²) >= 11 is 0. The van der Waals surface area contributed by atoms with Gasteiger partial charge in [0.25, 0.3) is 0 Å². The van der Waals surface area contributed by atoms with Gasteiger partial charge in [-0.3, -0.25) is 4.98 Å². The monoisotopic (exact) mass is 459 g/mol. The molecule has 0 amide bonds. The molecule has 1 N–H and O–H groups in total. The van der Waals surface area contributed by atoms with Crippen LogP contribution >= 0.6 is 0 Å². The van der Waals surface area contributed by atoms with Crippen LogP contribution in [-0.4, -0.2) is 27.2 Å². The molecule has 0 spiro atoms. The Labute approximate surface area is 194 Å². The van der Waals surface area contributed by atoms with Gasteiger partial charge in [0, 0.05) is 48.5 Å². The number of aliphatic imine (C=N–C) groups is 1. The van der Waals surface area contributed by atoms with Crippen molar-refractivity contribution in [2.45, 2.75) is 25.2 Å². The molecule has 1 aliphatic heterocycles. The van der Waals surface area contributed by atoms with Gasteiger partial charge in [0.2, 0.25) is 5.95 Å².